The standard InChI is InChI=1S/C17H29N3O/c1-5-9-20(11-15-7-6-8-18-15)12-16-14(3)17(21-4)13(2)10-19-16/h10,15,18H,5-9,11-12H2,1-4H3. The molecule has 2 heterocycles. The summed E-state index contributed by atoms with van der Waals surface area (Å²) in [4.78, 5) is 7.16. The van der Waals surface area contributed by atoms with Crippen molar-refractivity contribution >= 4 is 0 Å². The summed E-state index contributed by atoms with van der Waals surface area (Å²) >= 11 is 0. The molecule has 1 aromatic rings. The summed E-state index contributed by atoms with van der Waals surface area (Å²) in [7, 11) is 1.74. The summed E-state index contributed by atoms with van der Waals surface area (Å²) in [6, 6.07) is 0.643. The SMILES string of the molecule is CCCN(Cc1ncc(C)c(OC)c1C)CC1CCCN1. The van der Waals surface area contributed by atoms with Gasteiger partial charge in [-0.2, -0.15) is 0 Å². The van der Waals surface area contributed by atoms with E-state index >= 15 is 0 Å². The van der Waals surface area contributed by atoms with Gasteiger partial charge in [0.15, 0.2) is 0 Å². The number of aryl methyl sites for hydroxylation is 1. The van der Waals surface area contributed by atoms with Gasteiger partial charge >= 0.3 is 0 Å². The Morgan fingerprint density at radius 3 is 2.86 bits per heavy atom. The van der Waals surface area contributed by atoms with Crippen molar-refractivity contribution in [2.24, 2.45) is 0 Å². The van der Waals surface area contributed by atoms with E-state index in [1.54, 1.807) is 7.11 Å². The summed E-state index contributed by atoms with van der Waals surface area (Å²) in [6.45, 7) is 10.7. The molecule has 0 amide bonds. The number of rotatable bonds is 7. The van der Waals surface area contributed by atoms with E-state index in [-0.39, 0.29) is 0 Å². The van der Waals surface area contributed by atoms with Crippen LogP contribution < -0.4 is 10.1 Å². The third kappa shape index (κ3) is 4.17. The first-order valence-electron chi connectivity index (χ1n) is 8.10. The Morgan fingerprint density at radius 1 is 1.43 bits per heavy atom. The second-order valence-electron chi connectivity index (χ2n) is 6.07. The van der Waals surface area contributed by atoms with Gasteiger partial charge in [-0.15, -0.1) is 0 Å². The first-order chi connectivity index (χ1) is 10.2. The molecule has 0 aliphatic carbocycles. The first kappa shape index (κ1) is 16.2. The molecule has 0 saturated carbocycles. The molecule has 0 bridgehead atoms. The largest absolute Gasteiger partial charge is 0.496 e. The number of nitrogens with zero attached hydrogens (tertiary/aromatic N) is 2. The minimum absolute atomic E-state index is 0.643. The van der Waals surface area contributed by atoms with Crippen molar-refractivity contribution in [3.05, 3.63) is 23.0 Å². The van der Waals surface area contributed by atoms with E-state index in [9.17, 15) is 0 Å². The van der Waals surface area contributed by atoms with E-state index in [1.165, 1.54) is 31.4 Å². The maximum atomic E-state index is 5.52. The molecule has 1 atom stereocenters. The predicted molar refractivity (Wildman–Crippen MR) is 86.9 cm³/mol. The fraction of sp³-hybridized carbons (Fsp3) is 0.706. The number of aromatic nitrogens is 1. The molecule has 2 rings (SSSR count). The molecule has 4 heteroatoms. The van der Waals surface area contributed by atoms with Gasteiger partial charge in [0, 0.05) is 36.5 Å². The van der Waals surface area contributed by atoms with Crippen molar-refractivity contribution in [3.63, 3.8) is 0 Å². The molecule has 0 aromatic carbocycles. The molecular weight excluding hydrogens is 262 g/mol. The van der Waals surface area contributed by atoms with Crippen LogP contribution in [0.1, 0.15) is 43.0 Å². The predicted octanol–water partition coefficient (Wildman–Crippen LogP) is 2.67. The lowest BCUT2D eigenvalue weighted by Gasteiger charge is -2.26. The molecule has 1 unspecified atom stereocenters. The lowest BCUT2D eigenvalue weighted by atomic mass is 10.1. The summed E-state index contributed by atoms with van der Waals surface area (Å²) in [5.41, 5.74) is 3.43. The number of methoxy groups -OCH3 is 1. The number of pyridine rings is 1. The van der Waals surface area contributed by atoms with E-state index in [1.807, 2.05) is 6.20 Å². The van der Waals surface area contributed by atoms with E-state index < -0.39 is 0 Å². The highest BCUT2D eigenvalue weighted by Crippen LogP contribution is 2.25. The van der Waals surface area contributed by atoms with E-state index in [0.29, 0.717) is 6.04 Å². The Bertz CT molecular complexity index is 456. The van der Waals surface area contributed by atoms with Gasteiger partial charge in [-0.1, -0.05) is 6.92 Å². The molecule has 1 aliphatic rings. The highest BCUT2D eigenvalue weighted by atomic mass is 16.5. The normalized spacial score (nSPS) is 18.4. The molecule has 21 heavy (non-hydrogen) atoms. The molecule has 118 valence electrons. The van der Waals surface area contributed by atoms with Crippen molar-refractivity contribution in [2.45, 2.75) is 52.6 Å². The van der Waals surface area contributed by atoms with Crippen LogP contribution in [0.5, 0.6) is 5.75 Å². The van der Waals surface area contributed by atoms with Crippen molar-refractivity contribution in [3.8, 4) is 5.75 Å². The summed E-state index contributed by atoms with van der Waals surface area (Å²) < 4.78 is 5.52. The number of hydrogen-bond donors (Lipinski definition) is 1. The van der Waals surface area contributed by atoms with Crippen LogP contribution in [-0.2, 0) is 6.54 Å². The summed E-state index contributed by atoms with van der Waals surface area (Å²) in [5, 5.41) is 3.59. The Balaban J connectivity index is 2.08. The van der Waals surface area contributed by atoms with Crippen LogP contribution in [0.2, 0.25) is 0 Å². The van der Waals surface area contributed by atoms with E-state index in [2.05, 4.69) is 36.0 Å². The third-order valence-corrected chi connectivity index (χ3v) is 4.30. The maximum Gasteiger partial charge on any atom is 0.128 e. The number of nitrogens with one attached hydrogen (secondary N) is 1. The van der Waals surface area contributed by atoms with Crippen molar-refractivity contribution in [1.82, 2.24) is 15.2 Å². The zero-order valence-electron chi connectivity index (χ0n) is 13.9. The zero-order valence-corrected chi connectivity index (χ0v) is 13.9. The maximum absolute atomic E-state index is 5.52. The molecule has 1 fully saturated rings. The van der Waals surface area contributed by atoms with Crippen LogP contribution in [0.4, 0.5) is 0 Å². The second kappa shape index (κ2) is 7.76. The topological polar surface area (TPSA) is 37.4 Å². The van der Waals surface area contributed by atoms with E-state index in [0.717, 1.165) is 36.6 Å². The highest BCUT2D eigenvalue weighted by molar-refractivity contribution is 5.41. The third-order valence-electron chi connectivity index (χ3n) is 4.30. The van der Waals surface area contributed by atoms with Gasteiger partial charge < -0.3 is 10.1 Å². The minimum Gasteiger partial charge on any atom is -0.496 e. The Hall–Kier alpha value is -1.13. The quantitative estimate of drug-likeness (QED) is 0.838. The lowest BCUT2D eigenvalue weighted by molar-refractivity contribution is 0.238. The monoisotopic (exact) mass is 291 g/mol. The molecule has 1 N–H and O–H groups in total. The van der Waals surface area contributed by atoms with Crippen molar-refractivity contribution < 1.29 is 4.74 Å². The number of hydrogen-bond acceptors (Lipinski definition) is 4. The van der Waals surface area contributed by atoms with E-state index in [4.69, 9.17) is 4.74 Å². The van der Waals surface area contributed by atoms with Crippen LogP contribution in [0, 0.1) is 13.8 Å². The van der Waals surface area contributed by atoms with Gasteiger partial charge in [0.25, 0.3) is 0 Å². The van der Waals surface area contributed by atoms with Gasteiger partial charge in [-0.25, -0.2) is 0 Å². The Labute approximate surface area is 128 Å². The summed E-state index contributed by atoms with van der Waals surface area (Å²) in [6.07, 6.45) is 5.71. The lowest BCUT2D eigenvalue weighted by Crippen LogP contribution is -2.38. The fourth-order valence-corrected chi connectivity index (χ4v) is 3.22. The molecule has 1 aromatic heterocycles. The molecule has 1 saturated heterocycles. The van der Waals surface area contributed by atoms with Gasteiger partial charge in [0.05, 0.1) is 12.8 Å². The fourth-order valence-electron chi connectivity index (χ4n) is 3.22. The van der Waals surface area contributed by atoms with Crippen LogP contribution in [0.3, 0.4) is 0 Å². The molecule has 1 aliphatic heterocycles. The van der Waals surface area contributed by atoms with Gasteiger partial charge in [-0.05, 0) is 46.2 Å². The first-order valence-corrected chi connectivity index (χ1v) is 8.10. The van der Waals surface area contributed by atoms with Crippen LogP contribution in [0.15, 0.2) is 6.20 Å². The van der Waals surface area contributed by atoms with Crippen molar-refractivity contribution in [2.75, 3.05) is 26.7 Å². The molecule has 4 nitrogen and oxygen atoms in total. The van der Waals surface area contributed by atoms with Gasteiger partial charge in [0.2, 0.25) is 0 Å². The molecular formula is C17H29N3O. The molecule has 0 spiro atoms. The average molecular weight is 291 g/mol. The van der Waals surface area contributed by atoms with Crippen LogP contribution in [0.25, 0.3) is 0 Å². The minimum atomic E-state index is 0.643. The smallest absolute Gasteiger partial charge is 0.128 e. The van der Waals surface area contributed by atoms with Crippen LogP contribution >= 0.6 is 0 Å². The summed E-state index contributed by atoms with van der Waals surface area (Å²) in [5.74, 6) is 0.982. The second-order valence-corrected chi connectivity index (χ2v) is 6.07. The van der Waals surface area contributed by atoms with Gasteiger partial charge in [-0.3, -0.25) is 9.88 Å². The average Bonchev–Trinajstić information content (AvgIpc) is 2.96. The highest BCUT2D eigenvalue weighted by Gasteiger charge is 2.19. The Kier molecular flexibility index (Phi) is 6.00. The van der Waals surface area contributed by atoms with Crippen LogP contribution in [-0.4, -0.2) is 42.7 Å². The zero-order chi connectivity index (χ0) is 15.2. The van der Waals surface area contributed by atoms with Crippen molar-refractivity contribution in [1.29, 1.82) is 0 Å². The Morgan fingerprint density at radius 2 is 2.24 bits per heavy atom. The molecule has 0 radical (unpaired) electrons. The van der Waals surface area contributed by atoms with Gasteiger partial charge in [0.1, 0.15) is 5.75 Å². The number of ether oxygens (including phenoxy) is 1.